The van der Waals surface area contributed by atoms with E-state index in [1.165, 1.54) is 0 Å². The fourth-order valence-corrected chi connectivity index (χ4v) is 2.67. The molecule has 1 amide bonds. The van der Waals surface area contributed by atoms with Crippen LogP contribution in [0.15, 0.2) is 53.0 Å². The summed E-state index contributed by atoms with van der Waals surface area (Å²) in [4.78, 5) is 12.1. The summed E-state index contributed by atoms with van der Waals surface area (Å²) in [5.74, 6) is 0.646. The van der Waals surface area contributed by atoms with Gasteiger partial charge in [-0.25, -0.2) is 0 Å². The van der Waals surface area contributed by atoms with Gasteiger partial charge in [-0.05, 0) is 61.4 Å². The van der Waals surface area contributed by atoms with Gasteiger partial charge in [0, 0.05) is 22.3 Å². The number of carbonyl (C=O) groups excluding carboxylic acids is 1. The minimum absolute atomic E-state index is 0.134. The molecule has 1 atom stereocenters. The largest absolute Gasteiger partial charge is 0.491 e. The van der Waals surface area contributed by atoms with E-state index in [0.717, 1.165) is 35.4 Å². The van der Waals surface area contributed by atoms with Crippen LogP contribution in [0.2, 0.25) is 0 Å². The summed E-state index contributed by atoms with van der Waals surface area (Å²) in [5, 5.41) is 2.87. The van der Waals surface area contributed by atoms with E-state index in [1.54, 1.807) is 12.1 Å². The lowest BCUT2D eigenvalue weighted by molar-refractivity contribution is 0.0679. The molecule has 0 bridgehead atoms. The number of hydrogen-bond donors (Lipinski definition) is 1. The van der Waals surface area contributed by atoms with E-state index in [9.17, 15) is 4.79 Å². The second kappa shape index (κ2) is 7.62. The van der Waals surface area contributed by atoms with Crippen molar-refractivity contribution in [1.82, 2.24) is 0 Å². The van der Waals surface area contributed by atoms with Crippen LogP contribution in [0.5, 0.6) is 5.75 Å². The zero-order valence-electron chi connectivity index (χ0n) is 12.6. The normalized spacial score (nSPS) is 17.0. The molecule has 0 aliphatic carbocycles. The van der Waals surface area contributed by atoms with Crippen molar-refractivity contribution in [3.8, 4) is 5.75 Å². The summed E-state index contributed by atoms with van der Waals surface area (Å²) in [5.41, 5.74) is 1.36. The third-order valence-corrected chi connectivity index (χ3v) is 4.21. The molecule has 1 aliphatic heterocycles. The quantitative estimate of drug-likeness (QED) is 0.848. The van der Waals surface area contributed by atoms with Crippen molar-refractivity contribution in [2.45, 2.75) is 18.9 Å². The van der Waals surface area contributed by atoms with Gasteiger partial charge in [-0.3, -0.25) is 4.79 Å². The van der Waals surface area contributed by atoms with Crippen LogP contribution >= 0.6 is 15.9 Å². The highest BCUT2D eigenvalue weighted by Crippen LogP contribution is 2.19. The van der Waals surface area contributed by atoms with Gasteiger partial charge < -0.3 is 14.8 Å². The third kappa shape index (κ3) is 4.56. The molecule has 1 unspecified atom stereocenters. The average Bonchev–Trinajstić information content (AvgIpc) is 3.08. The molecule has 4 nitrogen and oxygen atoms in total. The van der Waals surface area contributed by atoms with Crippen molar-refractivity contribution >= 4 is 27.5 Å². The van der Waals surface area contributed by atoms with E-state index in [2.05, 4.69) is 21.2 Å². The third-order valence-electron chi connectivity index (χ3n) is 3.68. The van der Waals surface area contributed by atoms with Crippen LogP contribution in [0.1, 0.15) is 23.2 Å². The van der Waals surface area contributed by atoms with Crippen LogP contribution in [0.25, 0.3) is 0 Å². The number of nitrogens with one attached hydrogen (secondary N) is 1. The molecule has 23 heavy (non-hydrogen) atoms. The van der Waals surface area contributed by atoms with Crippen LogP contribution < -0.4 is 10.1 Å². The van der Waals surface area contributed by atoms with Gasteiger partial charge in [0.25, 0.3) is 5.91 Å². The molecule has 0 saturated carbocycles. The minimum atomic E-state index is -0.134. The van der Waals surface area contributed by atoms with Crippen LogP contribution in [0, 0.1) is 0 Å². The molecule has 1 fully saturated rings. The highest BCUT2D eigenvalue weighted by molar-refractivity contribution is 9.10. The van der Waals surface area contributed by atoms with E-state index >= 15 is 0 Å². The number of anilines is 1. The molecule has 2 aromatic rings. The molecule has 5 heteroatoms. The lowest BCUT2D eigenvalue weighted by Gasteiger charge is -2.12. The molecule has 0 aromatic heterocycles. The Morgan fingerprint density at radius 1 is 1.17 bits per heavy atom. The van der Waals surface area contributed by atoms with Crippen molar-refractivity contribution in [3.63, 3.8) is 0 Å². The first kappa shape index (κ1) is 16.0. The van der Waals surface area contributed by atoms with Gasteiger partial charge in [0.1, 0.15) is 12.4 Å². The molecule has 1 saturated heterocycles. The molecular weight excluding hydrogens is 358 g/mol. The van der Waals surface area contributed by atoms with Gasteiger partial charge >= 0.3 is 0 Å². The Hall–Kier alpha value is -1.85. The molecule has 1 heterocycles. The van der Waals surface area contributed by atoms with E-state index < -0.39 is 0 Å². The van der Waals surface area contributed by atoms with Crippen LogP contribution in [0.3, 0.4) is 0 Å². The molecule has 120 valence electrons. The Labute approximate surface area is 143 Å². The maximum absolute atomic E-state index is 12.1. The number of hydrogen-bond acceptors (Lipinski definition) is 3. The Morgan fingerprint density at radius 3 is 2.57 bits per heavy atom. The molecule has 0 spiro atoms. The maximum atomic E-state index is 12.1. The first-order valence-electron chi connectivity index (χ1n) is 7.62. The summed E-state index contributed by atoms with van der Waals surface area (Å²) < 4.78 is 12.2. The number of ether oxygens (including phenoxy) is 2. The minimum Gasteiger partial charge on any atom is -0.491 e. The lowest BCUT2D eigenvalue weighted by atomic mass is 10.2. The van der Waals surface area contributed by atoms with Gasteiger partial charge in [0.15, 0.2) is 0 Å². The summed E-state index contributed by atoms with van der Waals surface area (Å²) in [6.07, 6.45) is 2.36. The number of rotatable bonds is 5. The SMILES string of the molecule is O=C(Nc1ccc(OCC2CCCO2)cc1)c1ccc(Br)cc1. The van der Waals surface area contributed by atoms with E-state index in [0.29, 0.717) is 12.2 Å². The summed E-state index contributed by atoms with van der Waals surface area (Å²) in [7, 11) is 0. The fourth-order valence-electron chi connectivity index (χ4n) is 2.40. The van der Waals surface area contributed by atoms with Crippen molar-refractivity contribution < 1.29 is 14.3 Å². The van der Waals surface area contributed by atoms with Gasteiger partial charge in [0.2, 0.25) is 0 Å². The van der Waals surface area contributed by atoms with Crippen molar-refractivity contribution in [2.75, 3.05) is 18.5 Å². The predicted molar refractivity (Wildman–Crippen MR) is 93.0 cm³/mol. The smallest absolute Gasteiger partial charge is 0.255 e. The Kier molecular flexibility index (Phi) is 5.31. The van der Waals surface area contributed by atoms with E-state index in [1.807, 2.05) is 36.4 Å². The first-order valence-corrected chi connectivity index (χ1v) is 8.41. The van der Waals surface area contributed by atoms with Crippen molar-refractivity contribution in [2.24, 2.45) is 0 Å². The zero-order chi connectivity index (χ0) is 16.1. The van der Waals surface area contributed by atoms with Crippen molar-refractivity contribution in [1.29, 1.82) is 0 Å². The molecule has 2 aromatic carbocycles. The monoisotopic (exact) mass is 375 g/mol. The van der Waals surface area contributed by atoms with Crippen LogP contribution in [0.4, 0.5) is 5.69 Å². The maximum Gasteiger partial charge on any atom is 0.255 e. The van der Waals surface area contributed by atoms with Crippen LogP contribution in [-0.2, 0) is 4.74 Å². The van der Waals surface area contributed by atoms with E-state index in [-0.39, 0.29) is 12.0 Å². The Balaban J connectivity index is 1.54. The summed E-state index contributed by atoms with van der Waals surface area (Å²) in [6, 6.07) is 14.6. The molecule has 0 radical (unpaired) electrons. The summed E-state index contributed by atoms with van der Waals surface area (Å²) >= 11 is 3.35. The van der Waals surface area contributed by atoms with E-state index in [4.69, 9.17) is 9.47 Å². The number of carbonyl (C=O) groups is 1. The highest BCUT2D eigenvalue weighted by Gasteiger charge is 2.15. The number of amides is 1. The first-order chi connectivity index (χ1) is 11.2. The molecule has 1 N–H and O–H groups in total. The zero-order valence-corrected chi connectivity index (χ0v) is 14.2. The second-order valence-electron chi connectivity index (χ2n) is 5.43. The summed E-state index contributed by atoms with van der Waals surface area (Å²) in [6.45, 7) is 1.40. The number of benzene rings is 2. The highest BCUT2D eigenvalue weighted by atomic mass is 79.9. The molecular formula is C18H18BrNO3. The fraction of sp³-hybridized carbons (Fsp3) is 0.278. The number of halogens is 1. The predicted octanol–water partition coefficient (Wildman–Crippen LogP) is 4.26. The van der Waals surface area contributed by atoms with Gasteiger partial charge in [-0.2, -0.15) is 0 Å². The lowest BCUT2D eigenvalue weighted by Crippen LogP contribution is -2.16. The molecule has 1 aliphatic rings. The second-order valence-corrected chi connectivity index (χ2v) is 6.35. The van der Waals surface area contributed by atoms with Gasteiger partial charge in [-0.1, -0.05) is 15.9 Å². The van der Waals surface area contributed by atoms with Crippen LogP contribution in [-0.4, -0.2) is 25.2 Å². The Bertz CT molecular complexity index is 649. The van der Waals surface area contributed by atoms with Gasteiger partial charge in [-0.15, -0.1) is 0 Å². The van der Waals surface area contributed by atoms with Gasteiger partial charge in [0.05, 0.1) is 6.10 Å². The Morgan fingerprint density at radius 2 is 1.91 bits per heavy atom. The molecule has 3 rings (SSSR count). The standard InChI is InChI=1S/C18H18BrNO3/c19-14-5-3-13(4-6-14)18(21)20-15-7-9-16(10-8-15)23-12-17-2-1-11-22-17/h3-10,17H,1-2,11-12H2,(H,20,21). The van der Waals surface area contributed by atoms with Crippen molar-refractivity contribution in [3.05, 3.63) is 58.6 Å². The topological polar surface area (TPSA) is 47.6 Å². The average molecular weight is 376 g/mol.